The van der Waals surface area contributed by atoms with Gasteiger partial charge < -0.3 is 10.5 Å². The number of carbonyl (C=O) groups excluding carboxylic acids is 1. The molecule has 0 fully saturated rings. The molecule has 1 heterocycles. The Morgan fingerprint density at radius 3 is 2.36 bits per heavy atom. The molecule has 74 valence electrons. The molecule has 14 heavy (non-hydrogen) atoms. The number of amides is 1. The summed E-state index contributed by atoms with van der Waals surface area (Å²) in [6, 6.07) is 8.76. The van der Waals surface area contributed by atoms with Crippen LogP contribution in [0.2, 0.25) is 0 Å². The van der Waals surface area contributed by atoms with Gasteiger partial charge in [-0.15, -0.1) is 0 Å². The van der Waals surface area contributed by atoms with E-state index >= 15 is 0 Å². The van der Waals surface area contributed by atoms with E-state index in [4.69, 9.17) is 5.73 Å². The molecule has 4 heteroatoms. The van der Waals surface area contributed by atoms with Gasteiger partial charge in [-0.1, -0.05) is 18.2 Å². The molecular weight excluding hydrogens is 180 g/mol. The van der Waals surface area contributed by atoms with Crippen molar-refractivity contribution >= 4 is 12.3 Å². The predicted octanol–water partition coefficient (Wildman–Crippen LogP) is 0.830. The maximum Gasteiger partial charge on any atom is 0.248 e. The molecule has 1 aromatic rings. The highest BCUT2D eigenvalue weighted by Gasteiger charge is 1.93. The third kappa shape index (κ3) is 3.71. The minimum atomic E-state index is -0.379. The van der Waals surface area contributed by atoms with E-state index in [1.54, 1.807) is 24.3 Å². The fourth-order valence-electron chi connectivity index (χ4n) is 0.866. The van der Waals surface area contributed by atoms with Crippen molar-refractivity contribution < 1.29 is 9.53 Å². The van der Waals surface area contributed by atoms with E-state index in [9.17, 15) is 4.79 Å². The molecule has 0 spiro atoms. The minimum Gasteiger partial charge on any atom is -0.482 e. The van der Waals surface area contributed by atoms with Gasteiger partial charge in [-0.25, -0.2) is 0 Å². The lowest BCUT2D eigenvalue weighted by Crippen LogP contribution is -2.09. The number of carbonyl (C=O) groups is 1. The topological polar surface area (TPSA) is 64.7 Å². The summed E-state index contributed by atoms with van der Waals surface area (Å²) in [5.74, 6) is -0.379. The largest absolute Gasteiger partial charge is 0.482 e. The number of rotatable bonds is 1. The first-order valence-corrected chi connectivity index (χ1v) is 4.25. The first-order valence-electron chi connectivity index (χ1n) is 4.25. The van der Waals surface area contributed by atoms with Crippen LogP contribution in [0.15, 0.2) is 35.3 Å². The van der Waals surface area contributed by atoms with Crippen LogP contribution < -0.4 is 5.73 Å². The molecule has 0 saturated heterocycles. The van der Waals surface area contributed by atoms with Crippen LogP contribution in [0.3, 0.4) is 0 Å². The van der Waals surface area contributed by atoms with Gasteiger partial charge in [0.1, 0.15) is 6.61 Å². The summed E-state index contributed by atoms with van der Waals surface area (Å²) < 4.78 is 4.65. The second-order valence-corrected chi connectivity index (χ2v) is 2.61. The van der Waals surface area contributed by atoms with E-state index in [0.717, 1.165) is 13.2 Å². The molecule has 1 amide bonds. The number of ether oxygens (including phenoxy) is 1. The summed E-state index contributed by atoms with van der Waals surface area (Å²) in [4.78, 5) is 14.2. The number of primary amides is 1. The van der Waals surface area contributed by atoms with Gasteiger partial charge in [-0.2, -0.15) is 0 Å². The Labute approximate surface area is 82.4 Å². The van der Waals surface area contributed by atoms with Crippen LogP contribution in [0.25, 0.3) is 0 Å². The van der Waals surface area contributed by atoms with Crippen molar-refractivity contribution in [3.63, 3.8) is 0 Å². The second-order valence-electron chi connectivity index (χ2n) is 2.61. The molecule has 1 aliphatic rings. The Balaban J connectivity index is 0.000000165. The summed E-state index contributed by atoms with van der Waals surface area (Å²) in [5.41, 5.74) is 5.53. The summed E-state index contributed by atoms with van der Waals surface area (Å²) >= 11 is 0. The lowest BCUT2D eigenvalue weighted by Gasteiger charge is -1.89. The maximum absolute atomic E-state index is 10.4. The standard InChI is InChI=1S/C7H7NO.C3H5NO/c8-7(9)6-4-2-1-3-5-6;1-2-5-3-4-1/h1-5H,(H2,8,9);3H,1-2H2. The number of hydrogen-bond donors (Lipinski definition) is 1. The number of aliphatic imine (C=N–C) groups is 1. The molecule has 0 aliphatic carbocycles. The Morgan fingerprint density at radius 2 is 2.07 bits per heavy atom. The fraction of sp³-hybridized carbons (Fsp3) is 0.200. The monoisotopic (exact) mass is 192 g/mol. The summed E-state index contributed by atoms with van der Waals surface area (Å²) in [7, 11) is 0. The highest BCUT2D eigenvalue weighted by molar-refractivity contribution is 5.92. The van der Waals surface area contributed by atoms with Crippen molar-refractivity contribution in [2.45, 2.75) is 0 Å². The lowest BCUT2D eigenvalue weighted by molar-refractivity contribution is 0.100. The van der Waals surface area contributed by atoms with Crippen molar-refractivity contribution in [1.29, 1.82) is 0 Å². The zero-order valence-electron chi connectivity index (χ0n) is 7.72. The van der Waals surface area contributed by atoms with Gasteiger partial charge in [0.2, 0.25) is 5.91 Å². The van der Waals surface area contributed by atoms with Gasteiger partial charge in [0, 0.05) is 5.56 Å². The van der Waals surface area contributed by atoms with Crippen LogP contribution in [-0.2, 0) is 4.74 Å². The quantitative estimate of drug-likeness (QED) is 0.716. The van der Waals surface area contributed by atoms with Crippen molar-refractivity contribution in [3.8, 4) is 0 Å². The molecule has 1 aliphatic heterocycles. The third-order valence-electron chi connectivity index (χ3n) is 1.55. The van der Waals surface area contributed by atoms with Gasteiger partial charge >= 0.3 is 0 Å². The second kappa shape index (κ2) is 5.75. The van der Waals surface area contributed by atoms with Gasteiger partial charge in [-0.3, -0.25) is 9.79 Å². The van der Waals surface area contributed by atoms with E-state index in [1.165, 1.54) is 6.40 Å². The smallest absolute Gasteiger partial charge is 0.248 e. The zero-order chi connectivity index (χ0) is 10.2. The van der Waals surface area contributed by atoms with E-state index in [2.05, 4.69) is 9.73 Å². The molecule has 0 radical (unpaired) electrons. The van der Waals surface area contributed by atoms with Crippen molar-refractivity contribution in [3.05, 3.63) is 35.9 Å². The summed E-state index contributed by atoms with van der Waals surface area (Å²) in [6.07, 6.45) is 1.49. The minimum absolute atomic E-state index is 0.379. The Morgan fingerprint density at radius 1 is 1.36 bits per heavy atom. The van der Waals surface area contributed by atoms with Gasteiger partial charge in [0.25, 0.3) is 0 Å². The molecule has 0 saturated carbocycles. The highest BCUT2D eigenvalue weighted by Crippen LogP contribution is 1.94. The number of nitrogens with zero attached hydrogens (tertiary/aromatic N) is 1. The Bertz CT molecular complexity index is 303. The maximum atomic E-state index is 10.4. The van der Waals surface area contributed by atoms with Crippen LogP contribution >= 0.6 is 0 Å². The van der Waals surface area contributed by atoms with E-state index in [-0.39, 0.29) is 5.91 Å². The van der Waals surface area contributed by atoms with Crippen LogP contribution in [0.1, 0.15) is 10.4 Å². The fourth-order valence-corrected chi connectivity index (χ4v) is 0.866. The Kier molecular flexibility index (Phi) is 4.20. The molecule has 0 bridgehead atoms. The average Bonchev–Trinajstić information content (AvgIpc) is 2.77. The highest BCUT2D eigenvalue weighted by atomic mass is 16.5. The van der Waals surface area contributed by atoms with Crippen molar-refractivity contribution in [1.82, 2.24) is 0 Å². The van der Waals surface area contributed by atoms with E-state index in [0.29, 0.717) is 5.56 Å². The normalized spacial score (nSPS) is 12.6. The first-order chi connectivity index (χ1) is 6.80. The molecule has 2 rings (SSSR count). The lowest BCUT2D eigenvalue weighted by atomic mass is 10.2. The Hall–Kier alpha value is -1.84. The number of benzene rings is 1. The molecule has 0 aromatic heterocycles. The average molecular weight is 192 g/mol. The van der Waals surface area contributed by atoms with Crippen LogP contribution in [0.5, 0.6) is 0 Å². The van der Waals surface area contributed by atoms with Gasteiger partial charge in [0.05, 0.1) is 6.54 Å². The van der Waals surface area contributed by atoms with Crippen LogP contribution in [0.4, 0.5) is 0 Å². The van der Waals surface area contributed by atoms with Crippen molar-refractivity contribution in [2.75, 3.05) is 13.2 Å². The molecule has 0 atom stereocenters. The molecule has 1 aromatic carbocycles. The molecule has 2 N–H and O–H groups in total. The summed E-state index contributed by atoms with van der Waals surface area (Å²) in [5, 5.41) is 0. The first kappa shape index (κ1) is 10.2. The number of hydrogen-bond acceptors (Lipinski definition) is 3. The van der Waals surface area contributed by atoms with Gasteiger partial charge in [0.15, 0.2) is 6.40 Å². The van der Waals surface area contributed by atoms with E-state index < -0.39 is 0 Å². The van der Waals surface area contributed by atoms with E-state index in [1.807, 2.05) is 6.07 Å². The predicted molar refractivity (Wildman–Crippen MR) is 54.3 cm³/mol. The number of nitrogens with two attached hydrogens (primary N) is 1. The third-order valence-corrected chi connectivity index (χ3v) is 1.55. The SMILES string of the molecule is C1=NCCO1.NC(=O)c1ccccc1. The molecule has 4 nitrogen and oxygen atoms in total. The van der Waals surface area contributed by atoms with Crippen LogP contribution in [0, 0.1) is 0 Å². The van der Waals surface area contributed by atoms with Crippen molar-refractivity contribution in [2.24, 2.45) is 10.7 Å². The zero-order valence-corrected chi connectivity index (χ0v) is 7.72. The molecule has 0 unspecified atom stereocenters. The summed E-state index contributed by atoms with van der Waals surface area (Å²) in [6.45, 7) is 1.62. The van der Waals surface area contributed by atoms with Gasteiger partial charge in [-0.05, 0) is 12.1 Å². The van der Waals surface area contributed by atoms with Crippen LogP contribution in [-0.4, -0.2) is 25.5 Å². The molecular formula is C10H12N2O2.